The number of nitrogens with one attached hydrogen (secondary N) is 1. The van der Waals surface area contributed by atoms with Crippen LogP contribution >= 0.6 is 22.9 Å². The zero-order valence-corrected chi connectivity index (χ0v) is 17.5. The lowest BCUT2D eigenvalue weighted by molar-refractivity contribution is -0.137. The molecule has 9 heteroatoms. The quantitative estimate of drug-likeness (QED) is 0.457. The lowest BCUT2D eigenvalue weighted by Crippen LogP contribution is -2.12. The molecule has 3 rings (SSSR count). The Morgan fingerprint density at radius 3 is 2.60 bits per heavy atom. The number of aryl methyl sites for hydroxylation is 1. The summed E-state index contributed by atoms with van der Waals surface area (Å²) in [6, 6.07) is 9.91. The highest BCUT2D eigenvalue weighted by Crippen LogP contribution is 2.34. The molecular formula is C21H17ClF3NO3S. The van der Waals surface area contributed by atoms with E-state index >= 15 is 0 Å². The predicted octanol–water partition coefficient (Wildman–Crippen LogP) is 6.57. The van der Waals surface area contributed by atoms with E-state index in [1.807, 2.05) is 19.1 Å². The highest BCUT2D eigenvalue weighted by Gasteiger charge is 2.31. The van der Waals surface area contributed by atoms with Gasteiger partial charge in [-0.3, -0.25) is 4.79 Å². The second kappa shape index (κ2) is 8.97. The summed E-state index contributed by atoms with van der Waals surface area (Å²) in [7, 11) is 1.55. The van der Waals surface area contributed by atoms with Gasteiger partial charge in [0.25, 0.3) is 5.91 Å². The molecule has 0 saturated carbocycles. The third-order valence-electron chi connectivity index (χ3n) is 4.13. The first-order valence-corrected chi connectivity index (χ1v) is 9.96. The van der Waals surface area contributed by atoms with E-state index in [0.29, 0.717) is 16.4 Å². The Bertz CT molecular complexity index is 1070. The van der Waals surface area contributed by atoms with Crippen LogP contribution in [0.25, 0.3) is 0 Å². The van der Waals surface area contributed by atoms with Gasteiger partial charge in [0, 0.05) is 5.56 Å². The third-order valence-corrected chi connectivity index (χ3v) is 5.44. The van der Waals surface area contributed by atoms with E-state index in [2.05, 4.69) is 5.32 Å². The topological polar surface area (TPSA) is 47.6 Å². The summed E-state index contributed by atoms with van der Waals surface area (Å²) in [4.78, 5) is 12.8. The van der Waals surface area contributed by atoms with Gasteiger partial charge in [-0.2, -0.15) is 13.2 Å². The van der Waals surface area contributed by atoms with Gasteiger partial charge in [0.05, 0.1) is 28.3 Å². The molecule has 0 bridgehead atoms. The Balaban J connectivity index is 1.69. The van der Waals surface area contributed by atoms with Crippen LogP contribution in [0.4, 0.5) is 18.9 Å². The van der Waals surface area contributed by atoms with Crippen LogP contribution in [0.3, 0.4) is 0 Å². The van der Waals surface area contributed by atoms with E-state index in [-0.39, 0.29) is 17.3 Å². The van der Waals surface area contributed by atoms with Crippen LogP contribution in [-0.4, -0.2) is 13.0 Å². The molecule has 30 heavy (non-hydrogen) atoms. The minimum atomic E-state index is -4.53. The number of carbonyl (C=O) groups excluding carboxylic acids is 1. The molecule has 0 unspecified atom stereocenters. The normalized spacial score (nSPS) is 11.3. The maximum Gasteiger partial charge on any atom is 0.416 e. The van der Waals surface area contributed by atoms with E-state index in [4.69, 9.17) is 21.1 Å². The van der Waals surface area contributed by atoms with E-state index in [9.17, 15) is 18.0 Å². The molecule has 4 nitrogen and oxygen atoms in total. The second-order valence-electron chi connectivity index (χ2n) is 6.41. The second-order valence-corrected chi connectivity index (χ2v) is 7.73. The summed E-state index contributed by atoms with van der Waals surface area (Å²) in [5, 5.41) is 4.19. The molecule has 0 aliphatic rings. The maximum absolute atomic E-state index is 12.9. The molecule has 0 radical (unpaired) electrons. The number of benzene rings is 2. The van der Waals surface area contributed by atoms with Crippen molar-refractivity contribution in [1.29, 1.82) is 0 Å². The van der Waals surface area contributed by atoms with E-state index < -0.39 is 17.6 Å². The molecule has 1 amide bonds. The van der Waals surface area contributed by atoms with Crippen molar-refractivity contribution in [3.8, 4) is 11.5 Å². The first kappa shape index (κ1) is 22.0. The van der Waals surface area contributed by atoms with E-state index in [1.165, 1.54) is 0 Å². The van der Waals surface area contributed by atoms with Crippen LogP contribution < -0.4 is 14.8 Å². The molecule has 0 aliphatic heterocycles. The van der Waals surface area contributed by atoms with Crippen LogP contribution in [0, 0.1) is 6.92 Å². The zero-order chi connectivity index (χ0) is 21.9. The maximum atomic E-state index is 12.9. The number of rotatable bonds is 6. The SMILES string of the molecule is COc1cc(C)ccc1OCc1csc(C(=O)Nc2cc(C(F)(F)F)ccc2Cl)c1. The fraction of sp³-hybridized carbons (Fsp3) is 0.190. The van der Waals surface area contributed by atoms with Crippen molar-refractivity contribution < 1.29 is 27.4 Å². The molecule has 0 atom stereocenters. The lowest BCUT2D eigenvalue weighted by Gasteiger charge is -2.11. The van der Waals surface area contributed by atoms with Gasteiger partial charge in [0.2, 0.25) is 0 Å². The standard InChI is InChI=1S/C21H17ClF3NO3S/c1-12-3-6-17(18(7-12)28-2)29-10-13-8-19(30-11-13)20(27)26-16-9-14(21(23,24)25)4-5-15(16)22/h3-9,11H,10H2,1-2H3,(H,26,27). The van der Waals surface area contributed by atoms with E-state index in [1.54, 1.807) is 24.6 Å². The predicted molar refractivity (Wildman–Crippen MR) is 111 cm³/mol. The number of anilines is 1. The fourth-order valence-corrected chi connectivity index (χ4v) is 3.56. The molecule has 0 fully saturated rings. The molecule has 3 aromatic rings. The number of amides is 1. The van der Waals surface area contributed by atoms with Crippen molar-refractivity contribution in [3.63, 3.8) is 0 Å². The number of halogens is 4. The largest absolute Gasteiger partial charge is 0.493 e. The summed E-state index contributed by atoms with van der Waals surface area (Å²) in [5.41, 5.74) is 0.770. The Hall–Kier alpha value is -2.71. The van der Waals surface area contributed by atoms with Gasteiger partial charge < -0.3 is 14.8 Å². The van der Waals surface area contributed by atoms with Gasteiger partial charge in [0.1, 0.15) is 6.61 Å². The van der Waals surface area contributed by atoms with Gasteiger partial charge in [-0.15, -0.1) is 11.3 Å². The van der Waals surface area contributed by atoms with Gasteiger partial charge in [-0.05, 0) is 54.3 Å². The first-order chi connectivity index (χ1) is 14.2. The Labute approximate surface area is 180 Å². The van der Waals surface area contributed by atoms with Crippen LogP contribution in [-0.2, 0) is 12.8 Å². The third kappa shape index (κ3) is 5.25. The molecule has 1 aromatic heterocycles. The van der Waals surface area contributed by atoms with Crippen molar-refractivity contribution in [2.75, 3.05) is 12.4 Å². The fourth-order valence-electron chi connectivity index (χ4n) is 2.61. The average Bonchev–Trinajstić information content (AvgIpc) is 3.17. The number of ether oxygens (including phenoxy) is 2. The molecule has 158 valence electrons. The number of methoxy groups -OCH3 is 1. The molecule has 1 N–H and O–H groups in total. The molecule has 0 saturated heterocycles. The van der Waals surface area contributed by atoms with Crippen LogP contribution in [0.5, 0.6) is 11.5 Å². The Morgan fingerprint density at radius 1 is 1.13 bits per heavy atom. The monoisotopic (exact) mass is 455 g/mol. The zero-order valence-electron chi connectivity index (χ0n) is 16.0. The van der Waals surface area contributed by atoms with E-state index in [0.717, 1.165) is 40.7 Å². The first-order valence-electron chi connectivity index (χ1n) is 8.70. The number of hydrogen-bond donors (Lipinski definition) is 1. The molecule has 1 heterocycles. The molecule has 0 aliphatic carbocycles. The summed E-state index contributed by atoms with van der Waals surface area (Å²) in [6.07, 6.45) is -4.53. The molecule has 0 spiro atoms. The Morgan fingerprint density at radius 2 is 1.90 bits per heavy atom. The Kier molecular flexibility index (Phi) is 6.58. The summed E-state index contributed by atoms with van der Waals surface area (Å²) in [6.45, 7) is 2.14. The lowest BCUT2D eigenvalue weighted by atomic mass is 10.2. The number of hydrogen-bond acceptors (Lipinski definition) is 4. The van der Waals surface area contributed by atoms with Crippen LogP contribution in [0.15, 0.2) is 47.8 Å². The minimum absolute atomic E-state index is 0.0166. The van der Waals surface area contributed by atoms with Crippen molar-refractivity contribution >= 4 is 34.5 Å². The summed E-state index contributed by atoms with van der Waals surface area (Å²) >= 11 is 7.08. The number of alkyl halides is 3. The molecule has 2 aromatic carbocycles. The summed E-state index contributed by atoms with van der Waals surface area (Å²) in [5.74, 6) is 0.610. The average molecular weight is 456 g/mol. The molecular weight excluding hydrogens is 439 g/mol. The van der Waals surface area contributed by atoms with Crippen molar-refractivity contribution in [1.82, 2.24) is 0 Å². The van der Waals surface area contributed by atoms with Crippen LogP contribution in [0.2, 0.25) is 5.02 Å². The van der Waals surface area contributed by atoms with Gasteiger partial charge >= 0.3 is 6.18 Å². The smallest absolute Gasteiger partial charge is 0.416 e. The summed E-state index contributed by atoms with van der Waals surface area (Å²) < 4.78 is 49.7. The van der Waals surface area contributed by atoms with Crippen LogP contribution in [0.1, 0.15) is 26.4 Å². The van der Waals surface area contributed by atoms with Gasteiger partial charge in [0.15, 0.2) is 11.5 Å². The highest BCUT2D eigenvalue weighted by atomic mass is 35.5. The number of carbonyl (C=O) groups is 1. The highest BCUT2D eigenvalue weighted by molar-refractivity contribution is 7.12. The van der Waals surface area contributed by atoms with Crippen molar-refractivity contribution in [2.24, 2.45) is 0 Å². The van der Waals surface area contributed by atoms with Gasteiger partial charge in [-0.1, -0.05) is 17.7 Å². The number of thiophene rings is 1. The van der Waals surface area contributed by atoms with Crippen molar-refractivity contribution in [3.05, 3.63) is 74.4 Å². The van der Waals surface area contributed by atoms with Gasteiger partial charge in [-0.25, -0.2) is 0 Å². The minimum Gasteiger partial charge on any atom is -0.493 e. The van der Waals surface area contributed by atoms with Crippen molar-refractivity contribution in [2.45, 2.75) is 19.7 Å².